The number of carbonyl (C=O) groups is 1. The number of nitrogens with zero attached hydrogens (tertiary/aromatic N) is 1. The summed E-state index contributed by atoms with van der Waals surface area (Å²) < 4.78 is 11.2. The van der Waals surface area contributed by atoms with Crippen LogP contribution in [0.2, 0.25) is 5.02 Å². The SMILES string of the molecule is O=C(Nc1ccc(Cl)cc1)N1CCCC[C@H]1C1OCCO1. The molecule has 2 aliphatic heterocycles. The molecule has 1 aromatic carbocycles. The van der Waals surface area contributed by atoms with Crippen molar-refractivity contribution in [1.82, 2.24) is 4.90 Å². The molecule has 2 heterocycles. The molecule has 21 heavy (non-hydrogen) atoms. The first-order valence-corrected chi connectivity index (χ1v) is 7.68. The first-order valence-electron chi connectivity index (χ1n) is 7.30. The molecule has 0 aliphatic carbocycles. The van der Waals surface area contributed by atoms with E-state index in [2.05, 4.69) is 5.32 Å². The average Bonchev–Trinajstić information content (AvgIpc) is 3.04. The zero-order valence-corrected chi connectivity index (χ0v) is 12.5. The molecule has 1 atom stereocenters. The summed E-state index contributed by atoms with van der Waals surface area (Å²) >= 11 is 5.85. The van der Waals surface area contributed by atoms with Gasteiger partial charge in [-0.3, -0.25) is 0 Å². The average molecular weight is 311 g/mol. The quantitative estimate of drug-likeness (QED) is 0.913. The van der Waals surface area contributed by atoms with E-state index in [1.807, 2.05) is 4.90 Å². The van der Waals surface area contributed by atoms with Crippen molar-refractivity contribution in [3.63, 3.8) is 0 Å². The summed E-state index contributed by atoms with van der Waals surface area (Å²) in [6.07, 6.45) is 2.73. The number of benzene rings is 1. The maximum atomic E-state index is 12.5. The number of likely N-dealkylation sites (tertiary alicyclic amines) is 1. The van der Waals surface area contributed by atoms with Gasteiger partial charge in [-0.1, -0.05) is 11.6 Å². The van der Waals surface area contributed by atoms with Gasteiger partial charge in [0, 0.05) is 17.3 Å². The van der Waals surface area contributed by atoms with E-state index in [0.717, 1.165) is 31.5 Å². The molecule has 2 saturated heterocycles. The van der Waals surface area contributed by atoms with Crippen molar-refractivity contribution in [1.29, 1.82) is 0 Å². The Hall–Kier alpha value is -1.30. The highest BCUT2D eigenvalue weighted by Gasteiger charge is 2.36. The molecule has 5 nitrogen and oxygen atoms in total. The number of piperidine rings is 1. The summed E-state index contributed by atoms with van der Waals surface area (Å²) in [5.74, 6) is 0. The minimum Gasteiger partial charge on any atom is -0.348 e. The smallest absolute Gasteiger partial charge is 0.322 e. The zero-order chi connectivity index (χ0) is 14.7. The second kappa shape index (κ2) is 6.64. The lowest BCUT2D eigenvalue weighted by molar-refractivity contribution is -0.0973. The summed E-state index contributed by atoms with van der Waals surface area (Å²) in [7, 11) is 0. The molecule has 0 unspecified atom stereocenters. The molecule has 0 aromatic heterocycles. The first kappa shape index (κ1) is 14.6. The van der Waals surface area contributed by atoms with Crippen LogP contribution < -0.4 is 5.32 Å². The normalized spacial score (nSPS) is 23.3. The molecule has 1 aromatic rings. The third kappa shape index (κ3) is 3.48. The topological polar surface area (TPSA) is 50.8 Å². The van der Waals surface area contributed by atoms with Gasteiger partial charge >= 0.3 is 6.03 Å². The van der Waals surface area contributed by atoms with Gasteiger partial charge in [-0.2, -0.15) is 0 Å². The van der Waals surface area contributed by atoms with E-state index < -0.39 is 0 Å². The Bertz CT molecular complexity index is 488. The van der Waals surface area contributed by atoms with E-state index in [9.17, 15) is 4.79 Å². The Morgan fingerprint density at radius 1 is 1.19 bits per heavy atom. The van der Waals surface area contributed by atoms with Crippen molar-refractivity contribution in [2.24, 2.45) is 0 Å². The van der Waals surface area contributed by atoms with Gasteiger partial charge in [0.1, 0.15) is 0 Å². The number of anilines is 1. The number of urea groups is 1. The molecule has 1 N–H and O–H groups in total. The molecular weight excluding hydrogens is 292 g/mol. The van der Waals surface area contributed by atoms with E-state index in [1.54, 1.807) is 24.3 Å². The highest BCUT2D eigenvalue weighted by Crippen LogP contribution is 2.25. The number of carbonyl (C=O) groups excluding carboxylic acids is 1. The molecule has 3 rings (SSSR count). The molecule has 2 fully saturated rings. The van der Waals surface area contributed by atoms with Crippen LogP contribution in [0.15, 0.2) is 24.3 Å². The number of rotatable bonds is 2. The van der Waals surface area contributed by atoms with E-state index >= 15 is 0 Å². The fourth-order valence-electron chi connectivity index (χ4n) is 2.82. The molecule has 0 radical (unpaired) electrons. The molecule has 2 aliphatic rings. The van der Waals surface area contributed by atoms with E-state index in [-0.39, 0.29) is 18.4 Å². The molecule has 6 heteroatoms. The van der Waals surface area contributed by atoms with Gasteiger partial charge < -0.3 is 19.7 Å². The number of amides is 2. The van der Waals surface area contributed by atoms with E-state index in [0.29, 0.717) is 18.2 Å². The Morgan fingerprint density at radius 2 is 1.90 bits per heavy atom. The number of halogens is 1. The number of nitrogens with one attached hydrogen (secondary N) is 1. The Balaban J connectivity index is 1.67. The minimum absolute atomic E-state index is 0.00597. The van der Waals surface area contributed by atoms with Crippen molar-refractivity contribution < 1.29 is 14.3 Å². The van der Waals surface area contributed by atoms with Gasteiger partial charge in [0.15, 0.2) is 6.29 Å². The fourth-order valence-corrected chi connectivity index (χ4v) is 2.95. The number of hydrogen-bond donors (Lipinski definition) is 1. The number of hydrogen-bond acceptors (Lipinski definition) is 3. The lowest BCUT2D eigenvalue weighted by atomic mass is 10.0. The summed E-state index contributed by atoms with van der Waals surface area (Å²) in [6, 6.07) is 6.99. The van der Waals surface area contributed by atoms with Crippen molar-refractivity contribution in [2.75, 3.05) is 25.1 Å². The van der Waals surface area contributed by atoms with Crippen LogP contribution in [0, 0.1) is 0 Å². The zero-order valence-electron chi connectivity index (χ0n) is 11.8. The van der Waals surface area contributed by atoms with Gasteiger partial charge in [0.05, 0.1) is 19.3 Å². The van der Waals surface area contributed by atoms with Crippen molar-refractivity contribution in [3.8, 4) is 0 Å². The second-order valence-electron chi connectivity index (χ2n) is 5.30. The van der Waals surface area contributed by atoms with Crippen LogP contribution in [0.5, 0.6) is 0 Å². The van der Waals surface area contributed by atoms with Crippen LogP contribution in [-0.4, -0.2) is 43.0 Å². The van der Waals surface area contributed by atoms with Crippen LogP contribution in [0.3, 0.4) is 0 Å². The van der Waals surface area contributed by atoms with E-state index in [4.69, 9.17) is 21.1 Å². The van der Waals surface area contributed by atoms with Crippen molar-refractivity contribution in [2.45, 2.75) is 31.6 Å². The van der Waals surface area contributed by atoms with Crippen LogP contribution in [-0.2, 0) is 9.47 Å². The van der Waals surface area contributed by atoms with Gasteiger partial charge in [0.25, 0.3) is 0 Å². The molecule has 0 spiro atoms. The maximum Gasteiger partial charge on any atom is 0.322 e. The van der Waals surface area contributed by atoms with Gasteiger partial charge in [-0.25, -0.2) is 4.79 Å². The molecule has 0 bridgehead atoms. The molecular formula is C15H19ClN2O3. The summed E-state index contributed by atoms with van der Waals surface area (Å²) in [5, 5.41) is 3.56. The van der Waals surface area contributed by atoms with Crippen LogP contribution in [0.25, 0.3) is 0 Å². The first-order chi connectivity index (χ1) is 10.2. The Morgan fingerprint density at radius 3 is 2.62 bits per heavy atom. The standard InChI is InChI=1S/C15H19ClN2O3/c16-11-4-6-12(7-5-11)17-15(19)18-8-2-1-3-13(18)14-20-9-10-21-14/h4-7,13-14H,1-3,8-10H2,(H,17,19)/t13-/m0/s1. The van der Waals surface area contributed by atoms with Crippen LogP contribution in [0.4, 0.5) is 10.5 Å². The third-order valence-electron chi connectivity index (χ3n) is 3.87. The van der Waals surface area contributed by atoms with Crippen LogP contribution in [0.1, 0.15) is 19.3 Å². The molecule has 2 amide bonds. The van der Waals surface area contributed by atoms with Gasteiger partial charge in [-0.05, 0) is 43.5 Å². The predicted molar refractivity (Wildman–Crippen MR) is 80.5 cm³/mol. The highest BCUT2D eigenvalue weighted by molar-refractivity contribution is 6.30. The van der Waals surface area contributed by atoms with Crippen molar-refractivity contribution in [3.05, 3.63) is 29.3 Å². The predicted octanol–water partition coefficient (Wildman–Crippen LogP) is 3.10. The van der Waals surface area contributed by atoms with Crippen molar-refractivity contribution >= 4 is 23.3 Å². The molecule has 114 valence electrons. The lowest BCUT2D eigenvalue weighted by Gasteiger charge is -2.37. The monoisotopic (exact) mass is 310 g/mol. The van der Waals surface area contributed by atoms with Gasteiger partial charge in [0.2, 0.25) is 0 Å². The number of ether oxygens (including phenoxy) is 2. The third-order valence-corrected chi connectivity index (χ3v) is 4.12. The summed E-state index contributed by atoms with van der Waals surface area (Å²) in [4.78, 5) is 14.3. The Kier molecular flexibility index (Phi) is 4.63. The second-order valence-corrected chi connectivity index (χ2v) is 5.74. The van der Waals surface area contributed by atoms with Gasteiger partial charge in [-0.15, -0.1) is 0 Å². The maximum absolute atomic E-state index is 12.5. The molecule has 0 saturated carbocycles. The Labute approximate surface area is 129 Å². The summed E-state index contributed by atoms with van der Waals surface area (Å²) in [6.45, 7) is 1.94. The summed E-state index contributed by atoms with van der Waals surface area (Å²) in [5.41, 5.74) is 0.738. The highest BCUT2D eigenvalue weighted by atomic mass is 35.5. The largest absolute Gasteiger partial charge is 0.348 e. The van der Waals surface area contributed by atoms with Crippen LogP contribution >= 0.6 is 11.6 Å². The fraction of sp³-hybridized carbons (Fsp3) is 0.533. The minimum atomic E-state index is -0.290. The van der Waals surface area contributed by atoms with E-state index in [1.165, 1.54) is 0 Å². The lowest BCUT2D eigenvalue weighted by Crippen LogP contribution is -2.51.